The third-order valence-electron chi connectivity index (χ3n) is 12.7. The quantitative estimate of drug-likeness (QED) is 0.0730. The second-order valence-electron chi connectivity index (χ2n) is 18.7. The molecule has 9 heterocycles. The lowest BCUT2D eigenvalue weighted by Crippen LogP contribution is -2.51. The molecule has 3 aliphatic rings. The van der Waals surface area contributed by atoms with Gasteiger partial charge in [0.25, 0.3) is 11.1 Å². The number of aromatic nitrogens is 12. The van der Waals surface area contributed by atoms with Gasteiger partial charge in [-0.3, -0.25) is 47.3 Å². The molecule has 0 bridgehead atoms. The predicted octanol–water partition coefficient (Wildman–Crippen LogP) is 0.454. The Morgan fingerprint density at radius 2 is 1.09 bits per heavy atom. The summed E-state index contributed by atoms with van der Waals surface area (Å²) in [5, 5.41) is 0. The maximum absolute atomic E-state index is 15.6. The summed E-state index contributed by atoms with van der Waals surface area (Å²) >= 11 is 0. The van der Waals surface area contributed by atoms with Crippen LogP contribution in [0.4, 0.5) is 17.7 Å². The van der Waals surface area contributed by atoms with E-state index < -0.39 is 71.6 Å². The summed E-state index contributed by atoms with van der Waals surface area (Å²) in [6.07, 6.45) is 0.660. The standard InChI is InChI=1S/C39H60N21O11P3/c1-22(2)55-9-23(69-26(12-55)59-20-46-30-34(59)48-38(41)50-36(30)61)16-67-74(65,54(7)8)57-11-25(71-27(13-57)58-19-45-29-32(40)43-18-44-33(29)58)17-68-73(64,53(5)6)56-10-24(15-66-72(63)52(3)4)70-28(14-56)60-21-47-31-35(60)49-39(42)51-37(31)62/h18-28H,9-17H2,1-8H3,(H7-,40,41,42,43,44,48,49,50,51,61,62)/p+1. The zero-order chi connectivity index (χ0) is 53.0. The van der Waals surface area contributed by atoms with Crippen LogP contribution in [-0.4, -0.2) is 213 Å². The van der Waals surface area contributed by atoms with Gasteiger partial charge in [-0.25, -0.2) is 43.6 Å². The molecule has 9 unspecified atom stereocenters. The topological polar surface area (TPSA) is 375 Å². The first-order chi connectivity index (χ1) is 35.1. The molecule has 9 rings (SSSR count). The van der Waals surface area contributed by atoms with Gasteiger partial charge in [-0.15, -0.1) is 4.52 Å². The number of nitrogens with two attached hydrogens (primary N) is 3. The van der Waals surface area contributed by atoms with Gasteiger partial charge in [0.15, 0.2) is 33.8 Å². The van der Waals surface area contributed by atoms with Gasteiger partial charge in [0.05, 0.1) is 57.5 Å². The van der Waals surface area contributed by atoms with E-state index in [1.165, 1.54) is 43.9 Å². The van der Waals surface area contributed by atoms with E-state index >= 15 is 9.13 Å². The van der Waals surface area contributed by atoms with E-state index in [-0.39, 0.29) is 92.1 Å². The van der Waals surface area contributed by atoms with Crippen molar-refractivity contribution in [2.24, 2.45) is 0 Å². The Kier molecular flexibility index (Phi) is 15.5. The largest absolute Gasteiger partial charge is 0.615 e. The number of hydrogen-bond acceptors (Lipinski definition) is 22. The summed E-state index contributed by atoms with van der Waals surface area (Å²) in [6.45, 7) is 4.15. The maximum Gasteiger partial charge on any atom is 0.615 e. The number of nitrogens with zero attached hydrogens (tertiary/aromatic N) is 16. The van der Waals surface area contributed by atoms with Gasteiger partial charge in [0, 0.05) is 46.3 Å². The molecule has 6 aromatic rings. The Morgan fingerprint density at radius 3 is 1.57 bits per heavy atom. The van der Waals surface area contributed by atoms with Crippen LogP contribution in [0.2, 0.25) is 0 Å². The number of fused-ring (bicyclic) bond motifs is 3. The normalized spacial score (nSPS) is 24.7. The number of imidazole rings is 3. The van der Waals surface area contributed by atoms with Crippen molar-refractivity contribution in [3.05, 3.63) is 46.0 Å². The first-order valence-electron chi connectivity index (χ1n) is 23.3. The van der Waals surface area contributed by atoms with Crippen LogP contribution in [0.5, 0.6) is 0 Å². The molecular formula is C39H61N21O11P3+. The molecule has 0 amide bonds. The van der Waals surface area contributed by atoms with Gasteiger partial charge in [-0.2, -0.15) is 9.97 Å². The SMILES string of the molecule is CC(C)N1CC(COP(=O)(N(C)C)N2CC(COP(=O)(N(C)C)N3CC(CO[P+](=O)N(C)C)OC(n4cnc5c(=O)[nH]c(N)nc54)C3)OC(n3cnc4c(N)ncnc43)C2)OC(n2cnc3c(=O)[nH]c(N)nc32)C1. The van der Waals surface area contributed by atoms with E-state index in [1.807, 2.05) is 13.8 Å². The number of nitrogens with one attached hydrogen (secondary N) is 2. The molecule has 0 spiro atoms. The summed E-state index contributed by atoms with van der Waals surface area (Å²) < 4.78 is 94.9. The monoisotopic (exact) mass is 1090 g/mol. The molecule has 3 saturated heterocycles. The molecule has 74 heavy (non-hydrogen) atoms. The molecular weight excluding hydrogens is 1030 g/mol. The number of H-pyrrole nitrogens is 2. The minimum absolute atomic E-state index is 0.00129. The first kappa shape index (κ1) is 53.6. The van der Waals surface area contributed by atoms with Crippen LogP contribution in [0, 0.1) is 0 Å². The van der Waals surface area contributed by atoms with Crippen LogP contribution in [-0.2, 0) is 41.5 Å². The van der Waals surface area contributed by atoms with E-state index in [0.717, 1.165) is 0 Å². The third kappa shape index (κ3) is 10.6. The Labute approximate surface area is 423 Å². The zero-order valence-corrected chi connectivity index (χ0v) is 44.6. The summed E-state index contributed by atoms with van der Waals surface area (Å²) in [5.74, 6) is -0.0813. The second-order valence-corrected chi connectivity index (χ2v) is 25.5. The third-order valence-corrected chi connectivity index (χ3v) is 18.8. The molecule has 9 atom stereocenters. The molecule has 6 aromatic heterocycles. The van der Waals surface area contributed by atoms with E-state index in [2.05, 4.69) is 49.8 Å². The lowest BCUT2D eigenvalue weighted by atomic mass is 10.2. The van der Waals surface area contributed by atoms with Crippen LogP contribution in [0.25, 0.3) is 33.5 Å². The molecule has 8 N–H and O–H groups in total. The zero-order valence-electron chi connectivity index (χ0n) is 41.9. The Balaban J connectivity index is 0.998. The van der Waals surface area contributed by atoms with Crippen LogP contribution < -0.4 is 28.3 Å². The van der Waals surface area contributed by atoms with E-state index in [9.17, 15) is 14.2 Å². The van der Waals surface area contributed by atoms with Crippen molar-refractivity contribution in [2.75, 3.05) is 119 Å². The predicted molar refractivity (Wildman–Crippen MR) is 268 cm³/mol. The molecule has 0 aliphatic carbocycles. The van der Waals surface area contributed by atoms with E-state index in [4.69, 9.17) is 45.0 Å². The fourth-order valence-electron chi connectivity index (χ4n) is 8.92. The highest BCUT2D eigenvalue weighted by Gasteiger charge is 2.47. The Bertz CT molecular complexity index is 3240. The number of aromatic amines is 2. The van der Waals surface area contributed by atoms with E-state index in [1.54, 1.807) is 60.8 Å². The Morgan fingerprint density at radius 1 is 0.649 bits per heavy atom. The van der Waals surface area contributed by atoms with Gasteiger partial charge in [-0.1, -0.05) is 4.67 Å². The molecule has 35 heteroatoms. The van der Waals surface area contributed by atoms with Crippen molar-refractivity contribution >= 4 is 74.7 Å². The number of nitrogen functional groups attached to an aromatic ring is 3. The van der Waals surface area contributed by atoms with Crippen molar-refractivity contribution in [1.29, 1.82) is 0 Å². The van der Waals surface area contributed by atoms with Gasteiger partial charge in [0.2, 0.25) is 11.9 Å². The van der Waals surface area contributed by atoms with Crippen LogP contribution >= 0.6 is 23.5 Å². The van der Waals surface area contributed by atoms with E-state index in [0.29, 0.717) is 24.3 Å². The molecule has 0 aromatic carbocycles. The molecule has 3 aliphatic heterocycles. The number of morpholine rings is 3. The van der Waals surface area contributed by atoms with Crippen molar-refractivity contribution < 1.29 is 41.5 Å². The minimum atomic E-state index is -4.08. The number of anilines is 3. The Hall–Kier alpha value is -5.27. The maximum atomic E-state index is 15.6. The van der Waals surface area contributed by atoms with Crippen molar-refractivity contribution in [2.45, 2.75) is 56.9 Å². The van der Waals surface area contributed by atoms with Crippen molar-refractivity contribution in [3.63, 3.8) is 0 Å². The summed E-state index contributed by atoms with van der Waals surface area (Å²) in [7, 11) is -0.651. The average molecular weight is 1090 g/mol. The van der Waals surface area contributed by atoms with Crippen LogP contribution in [0.1, 0.15) is 32.5 Å². The molecule has 0 saturated carbocycles. The average Bonchev–Trinajstić information content (AvgIpc) is 4.12. The lowest BCUT2D eigenvalue weighted by Gasteiger charge is -2.45. The van der Waals surface area contributed by atoms with Gasteiger partial charge >= 0.3 is 23.5 Å². The summed E-state index contributed by atoms with van der Waals surface area (Å²) in [6, 6.07) is 0.0621. The van der Waals surface area contributed by atoms with Crippen molar-refractivity contribution in [3.8, 4) is 0 Å². The highest BCUT2D eigenvalue weighted by Crippen LogP contribution is 2.57. The summed E-state index contributed by atoms with van der Waals surface area (Å²) in [4.78, 5) is 62.7. The molecule has 3 fully saturated rings. The lowest BCUT2D eigenvalue weighted by molar-refractivity contribution is -0.140. The highest BCUT2D eigenvalue weighted by atomic mass is 31.2. The number of rotatable bonds is 18. The number of hydrogen-bond donors (Lipinski definition) is 5. The highest BCUT2D eigenvalue weighted by molar-refractivity contribution is 7.54. The fourth-order valence-corrected chi connectivity index (χ4v) is 13.4. The van der Waals surface area contributed by atoms with Crippen molar-refractivity contribution in [1.82, 2.24) is 86.8 Å². The minimum Gasteiger partial charge on any atom is -0.382 e. The molecule has 402 valence electrons. The van der Waals surface area contributed by atoms with Gasteiger partial charge in [0.1, 0.15) is 43.2 Å². The second kappa shape index (κ2) is 21.4. The van der Waals surface area contributed by atoms with Crippen LogP contribution in [0.15, 0.2) is 34.9 Å². The number of ether oxygens (including phenoxy) is 3. The van der Waals surface area contributed by atoms with Gasteiger partial charge in [-0.05, 0) is 46.6 Å². The molecule has 0 radical (unpaired) electrons. The summed E-state index contributed by atoms with van der Waals surface area (Å²) in [5.41, 5.74) is 18.1. The smallest absolute Gasteiger partial charge is 0.382 e. The van der Waals surface area contributed by atoms with Crippen LogP contribution in [0.3, 0.4) is 0 Å². The molecule has 32 nitrogen and oxygen atoms in total. The first-order valence-corrected chi connectivity index (χ1v) is 27.5. The van der Waals surface area contributed by atoms with Gasteiger partial charge < -0.3 is 40.5 Å². The fraction of sp³-hybridized carbons (Fsp3) is 0.615.